The fraction of sp³-hybridized carbons (Fsp3) is 1.00. The topological polar surface area (TPSA) is 32.7 Å². The predicted molar refractivity (Wildman–Crippen MR) is 71.1 cm³/mol. The largest absolute Gasteiger partial charge is 0.395 e. The van der Waals surface area contributed by atoms with Gasteiger partial charge in [0.1, 0.15) is 0 Å². The molecule has 0 spiro atoms. The van der Waals surface area contributed by atoms with Gasteiger partial charge >= 0.3 is 0 Å². The molecule has 0 amide bonds. The highest BCUT2D eigenvalue weighted by Gasteiger charge is 2.27. The standard InChI is InChI=1S/C14H29NO2/c1-12(2)6-9-17-10-8-15-7-4-5-13(3)14(15)11-16/h12-14,16H,4-11H2,1-3H3. The molecule has 102 valence electrons. The summed E-state index contributed by atoms with van der Waals surface area (Å²) < 4.78 is 5.65. The van der Waals surface area contributed by atoms with Gasteiger partial charge < -0.3 is 9.84 Å². The van der Waals surface area contributed by atoms with Gasteiger partial charge in [-0.3, -0.25) is 4.90 Å². The van der Waals surface area contributed by atoms with Crippen molar-refractivity contribution in [2.75, 3.05) is 32.9 Å². The lowest BCUT2D eigenvalue weighted by atomic mass is 9.91. The van der Waals surface area contributed by atoms with Crippen LogP contribution in [0.3, 0.4) is 0 Å². The molecular weight excluding hydrogens is 214 g/mol. The Morgan fingerprint density at radius 3 is 2.76 bits per heavy atom. The van der Waals surface area contributed by atoms with E-state index in [2.05, 4.69) is 25.7 Å². The molecule has 0 saturated carbocycles. The van der Waals surface area contributed by atoms with E-state index < -0.39 is 0 Å². The molecule has 0 aliphatic carbocycles. The van der Waals surface area contributed by atoms with Crippen LogP contribution in [0.2, 0.25) is 0 Å². The lowest BCUT2D eigenvalue weighted by Gasteiger charge is -2.38. The molecule has 1 aliphatic rings. The zero-order chi connectivity index (χ0) is 12.7. The van der Waals surface area contributed by atoms with E-state index in [4.69, 9.17) is 4.74 Å². The van der Waals surface area contributed by atoms with Crippen molar-refractivity contribution in [1.82, 2.24) is 4.90 Å². The van der Waals surface area contributed by atoms with Gasteiger partial charge in [-0.25, -0.2) is 0 Å². The van der Waals surface area contributed by atoms with Crippen LogP contribution in [-0.4, -0.2) is 49.0 Å². The van der Waals surface area contributed by atoms with Crippen molar-refractivity contribution in [2.24, 2.45) is 11.8 Å². The van der Waals surface area contributed by atoms with Gasteiger partial charge in [-0.05, 0) is 37.6 Å². The van der Waals surface area contributed by atoms with Crippen LogP contribution in [0.4, 0.5) is 0 Å². The van der Waals surface area contributed by atoms with Crippen LogP contribution >= 0.6 is 0 Å². The molecule has 3 nitrogen and oxygen atoms in total. The van der Waals surface area contributed by atoms with Gasteiger partial charge in [0, 0.05) is 19.2 Å². The van der Waals surface area contributed by atoms with Gasteiger partial charge in [0.05, 0.1) is 13.2 Å². The molecule has 3 heteroatoms. The molecule has 0 aromatic heterocycles. The Morgan fingerprint density at radius 1 is 1.35 bits per heavy atom. The SMILES string of the molecule is CC(C)CCOCCN1CCCC(C)C1CO. The molecule has 1 rings (SSSR count). The molecule has 1 N–H and O–H groups in total. The molecule has 1 saturated heterocycles. The van der Waals surface area contributed by atoms with E-state index in [0.717, 1.165) is 38.6 Å². The minimum absolute atomic E-state index is 0.285. The summed E-state index contributed by atoms with van der Waals surface area (Å²) in [6.07, 6.45) is 3.64. The summed E-state index contributed by atoms with van der Waals surface area (Å²) in [7, 11) is 0. The van der Waals surface area contributed by atoms with Crippen molar-refractivity contribution in [1.29, 1.82) is 0 Å². The molecule has 17 heavy (non-hydrogen) atoms. The summed E-state index contributed by atoms with van der Waals surface area (Å²) in [5.74, 6) is 1.33. The monoisotopic (exact) mass is 243 g/mol. The Morgan fingerprint density at radius 2 is 2.12 bits per heavy atom. The van der Waals surface area contributed by atoms with Crippen molar-refractivity contribution in [2.45, 2.75) is 46.1 Å². The van der Waals surface area contributed by atoms with E-state index in [1.807, 2.05) is 0 Å². The minimum atomic E-state index is 0.285. The lowest BCUT2D eigenvalue weighted by molar-refractivity contribution is 0.0233. The highest BCUT2D eigenvalue weighted by Crippen LogP contribution is 2.22. The Balaban J connectivity index is 2.16. The first-order valence-electron chi connectivity index (χ1n) is 7.07. The van der Waals surface area contributed by atoms with E-state index in [0.29, 0.717) is 12.0 Å². The third kappa shape index (κ3) is 5.36. The molecule has 0 aromatic carbocycles. The second-order valence-corrected chi connectivity index (χ2v) is 5.70. The Kier molecular flexibility index (Phi) is 7.09. The summed E-state index contributed by atoms with van der Waals surface area (Å²) in [4.78, 5) is 2.39. The maximum absolute atomic E-state index is 9.42. The molecule has 0 radical (unpaired) electrons. The number of rotatable bonds is 7. The molecule has 0 aromatic rings. The lowest BCUT2D eigenvalue weighted by Crippen LogP contribution is -2.47. The van der Waals surface area contributed by atoms with E-state index in [1.54, 1.807) is 0 Å². The summed E-state index contributed by atoms with van der Waals surface area (Å²) in [6, 6.07) is 0.345. The van der Waals surface area contributed by atoms with Gasteiger partial charge in [-0.1, -0.05) is 20.8 Å². The van der Waals surface area contributed by atoms with Crippen LogP contribution in [0.15, 0.2) is 0 Å². The predicted octanol–water partition coefficient (Wildman–Crippen LogP) is 2.14. The molecule has 1 fully saturated rings. The van der Waals surface area contributed by atoms with Crippen molar-refractivity contribution >= 4 is 0 Å². The highest BCUT2D eigenvalue weighted by molar-refractivity contribution is 4.81. The van der Waals surface area contributed by atoms with E-state index in [9.17, 15) is 5.11 Å². The van der Waals surface area contributed by atoms with Crippen LogP contribution in [0.25, 0.3) is 0 Å². The molecule has 2 unspecified atom stereocenters. The number of aliphatic hydroxyl groups excluding tert-OH is 1. The van der Waals surface area contributed by atoms with E-state index in [1.165, 1.54) is 12.8 Å². The third-order valence-corrected chi connectivity index (χ3v) is 3.78. The first-order chi connectivity index (χ1) is 8.15. The van der Waals surface area contributed by atoms with Crippen molar-refractivity contribution < 1.29 is 9.84 Å². The first-order valence-corrected chi connectivity index (χ1v) is 7.07. The van der Waals surface area contributed by atoms with Crippen LogP contribution in [0, 0.1) is 11.8 Å². The number of nitrogens with zero attached hydrogens (tertiary/aromatic N) is 1. The van der Waals surface area contributed by atoms with Gasteiger partial charge in [-0.2, -0.15) is 0 Å². The molecule has 1 heterocycles. The van der Waals surface area contributed by atoms with E-state index in [-0.39, 0.29) is 6.61 Å². The summed E-state index contributed by atoms with van der Waals surface area (Å²) in [5.41, 5.74) is 0. The van der Waals surface area contributed by atoms with Crippen molar-refractivity contribution in [3.05, 3.63) is 0 Å². The molecule has 2 atom stereocenters. The highest BCUT2D eigenvalue weighted by atomic mass is 16.5. The fourth-order valence-corrected chi connectivity index (χ4v) is 2.51. The number of piperidine rings is 1. The molecule has 0 bridgehead atoms. The Labute approximate surface area is 106 Å². The maximum Gasteiger partial charge on any atom is 0.0593 e. The van der Waals surface area contributed by atoms with E-state index >= 15 is 0 Å². The summed E-state index contributed by atoms with van der Waals surface area (Å²) in [5, 5.41) is 9.42. The van der Waals surface area contributed by atoms with Gasteiger partial charge in [0.15, 0.2) is 0 Å². The van der Waals surface area contributed by atoms with Gasteiger partial charge in [0.25, 0.3) is 0 Å². The average molecular weight is 243 g/mol. The second kappa shape index (κ2) is 8.06. The van der Waals surface area contributed by atoms with Crippen LogP contribution in [0.1, 0.15) is 40.0 Å². The Bertz CT molecular complexity index is 197. The van der Waals surface area contributed by atoms with Gasteiger partial charge in [-0.15, -0.1) is 0 Å². The minimum Gasteiger partial charge on any atom is -0.395 e. The zero-order valence-electron chi connectivity index (χ0n) is 11.7. The van der Waals surface area contributed by atoms with Crippen molar-refractivity contribution in [3.8, 4) is 0 Å². The van der Waals surface area contributed by atoms with Gasteiger partial charge in [0.2, 0.25) is 0 Å². The zero-order valence-corrected chi connectivity index (χ0v) is 11.7. The first kappa shape index (κ1) is 14.9. The Hall–Kier alpha value is -0.120. The number of hydrogen-bond acceptors (Lipinski definition) is 3. The van der Waals surface area contributed by atoms with Crippen LogP contribution in [0.5, 0.6) is 0 Å². The molecule has 1 aliphatic heterocycles. The summed E-state index contributed by atoms with van der Waals surface area (Å²) >= 11 is 0. The van der Waals surface area contributed by atoms with Crippen LogP contribution in [-0.2, 0) is 4.74 Å². The smallest absolute Gasteiger partial charge is 0.0593 e. The number of hydrogen-bond donors (Lipinski definition) is 1. The quantitative estimate of drug-likeness (QED) is 0.695. The third-order valence-electron chi connectivity index (χ3n) is 3.78. The second-order valence-electron chi connectivity index (χ2n) is 5.70. The summed E-state index contributed by atoms with van der Waals surface area (Å²) in [6.45, 7) is 10.7. The van der Waals surface area contributed by atoms with Crippen LogP contribution < -0.4 is 0 Å². The normalized spacial score (nSPS) is 26.6. The molecular formula is C14H29NO2. The fourth-order valence-electron chi connectivity index (χ4n) is 2.51. The average Bonchev–Trinajstić information content (AvgIpc) is 2.28. The van der Waals surface area contributed by atoms with Crippen molar-refractivity contribution in [3.63, 3.8) is 0 Å². The maximum atomic E-state index is 9.42. The number of aliphatic hydroxyl groups is 1. The number of ether oxygens (including phenoxy) is 1. The number of likely N-dealkylation sites (tertiary alicyclic amines) is 1.